The smallest absolute Gasteiger partial charge is 0.296 e. The first-order valence-electron chi connectivity index (χ1n) is 11.1. The first-order valence-corrected chi connectivity index (χ1v) is 13.6. The van der Waals surface area contributed by atoms with Gasteiger partial charge in [-0.1, -0.05) is 13.3 Å². The molecule has 0 spiro atoms. The van der Waals surface area contributed by atoms with Gasteiger partial charge in [-0.2, -0.15) is 18.6 Å². The topological polar surface area (TPSA) is 151 Å². The largest absolute Gasteiger partial charge is 0.491 e. The Morgan fingerprint density at radius 2 is 1.56 bits per heavy atom. The summed E-state index contributed by atoms with van der Waals surface area (Å²) in [6.07, 6.45) is 1.82. The number of azo groups is 2. The molecule has 0 bridgehead atoms. The first-order chi connectivity index (χ1) is 17.1. The molecule has 0 amide bonds. The summed E-state index contributed by atoms with van der Waals surface area (Å²) in [5.74, 6) is 0.474. The van der Waals surface area contributed by atoms with E-state index in [1.807, 2.05) is 32.0 Å². The minimum atomic E-state index is -4.53. The fourth-order valence-electron chi connectivity index (χ4n) is 3.15. The highest BCUT2D eigenvalue weighted by atomic mass is 127. The van der Waals surface area contributed by atoms with Crippen molar-refractivity contribution in [1.82, 2.24) is 0 Å². The molecule has 36 heavy (non-hydrogen) atoms. The molecule has 0 fully saturated rings. The van der Waals surface area contributed by atoms with Crippen LogP contribution in [0.3, 0.4) is 0 Å². The summed E-state index contributed by atoms with van der Waals surface area (Å²) >= 11 is 2.07. The van der Waals surface area contributed by atoms with Gasteiger partial charge in [0.2, 0.25) is 0 Å². The van der Waals surface area contributed by atoms with Crippen LogP contribution in [0.4, 0.5) is 34.1 Å². The SMILES string of the molecule is CCCCOc1cc(N=Nc2ccc(N)cc2S(=O)(=O)O)c(C)cc1N=Nc1ccc(NI)cc1C. The van der Waals surface area contributed by atoms with Gasteiger partial charge in [0.1, 0.15) is 22.0 Å². The third-order valence-corrected chi connectivity index (χ3v) is 6.64. The predicted octanol–water partition coefficient (Wildman–Crippen LogP) is 7.90. The van der Waals surface area contributed by atoms with E-state index in [-0.39, 0.29) is 11.4 Å². The van der Waals surface area contributed by atoms with E-state index in [0.29, 0.717) is 23.7 Å². The molecule has 3 aromatic rings. The molecule has 0 aliphatic carbocycles. The maximum absolute atomic E-state index is 11.7. The van der Waals surface area contributed by atoms with Gasteiger partial charge < -0.3 is 14.0 Å². The Hall–Kier alpha value is -3.10. The lowest BCUT2D eigenvalue weighted by Gasteiger charge is -2.11. The van der Waals surface area contributed by atoms with Gasteiger partial charge in [-0.3, -0.25) is 4.55 Å². The Kier molecular flexibility index (Phi) is 9.34. The monoisotopic (exact) mass is 622 g/mol. The van der Waals surface area contributed by atoms with E-state index >= 15 is 0 Å². The van der Waals surface area contributed by atoms with Gasteiger partial charge in [0.05, 0.1) is 40.8 Å². The van der Waals surface area contributed by atoms with Crippen molar-refractivity contribution in [3.63, 3.8) is 0 Å². The predicted molar refractivity (Wildman–Crippen MR) is 149 cm³/mol. The second-order valence-corrected chi connectivity index (χ2v) is 9.94. The van der Waals surface area contributed by atoms with Gasteiger partial charge in [-0.25, -0.2) is 0 Å². The van der Waals surface area contributed by atoms with Crippen molar-refractivity contribution >= 4 is 67.1 Å². The molecule has 190 valence electrons. The molecule has 0 radical (unpaired) electrons. The van der Waals surface area contributed by atoms with Crippen molar-refractivity contribution in [3.05, 3.63) is 59.7 Å². The summed E-state index contributed by atoms with van der Waals surface area (Å²) in [4.78, 5) is -0.423. The number of nitrogens with two attached hydrogens (primary N) is 1. The standard InChI is InChI=1S/C24H27IN6O4S/c1-4-5-10-35-23-14-21(30-29-20-8-6-17(26)13-24(20)36(32,33)34)16(3)12-22(23)31-28-19-9-7-18(27-25)11-15(19)2/h6-9,11-14,27H,4-5,10,26H2,1-3H3,(H,32,33,34). The average molecular weight is 622 g/mol. The van der Waals surface area contributed by atoms with Crippen molar-refractivity contribution in [2.75, 3.05) is 15.9 Å². The fourth-order valence-corrected chi connectivity index (χ4v) is 4.15. The van der Waals surface area contributed by atoms with Gasteiger partial charge in [0.25, 0.3) is 10.1 Å². The molecule has 10 nitrogen and oxygen atoms in total. The first kappa shape index (κ1) is 27.5. The van der Waals surface area contributed by atoms with E-state index < -0.39 is 15.0 Å². The number of hydrogen-bond acceptors (Lipinski definition) is 9. The van der Waals surface area contributed by atoms with Crippen molar-refractivity contribution < 1.29 is 17.7 Å². The highest BCUT2D eigenvalue weighted by Gasteiger charge is 2.16. The van der Waals surface area contributed by atoms with Crippen molar-refractivity contribution in [1.29, 1.82) is 0 Å². The lowest BCUT2D eigenvalue weighted by molar-refractivity contribution is 0.310. The molecule has 0 heterocycles. The summed E-state index contributed by atoms with van der Waals surface area (Å²) < 4.78 is 42.0. The van der Waals surface area contributed by atoms with Crippen LogP contribution in [0.2, 0.25) is 0 Å². The van der Waals surface area contributed by atoms with Gasteiger partial charge >= 0.3 is 0 Å². The second kappa shape index (κ2) is 12.2. The molecule has 12 heteroatoms. The number of anilines is 2. The van der Waals surface area contributed by atoms with E-state index in [2.05, 4.69) is 53.8 Å². The third-order valence-electron chi connectivity index (χ3n) is 5.13. The Morgan fingerprint density at radius 1 is 0.917 bits per heavy atom. The van der Waals surface area contributed by atoms with Crippen LogP contribution in [0.1, 0.15) is 30.9 Å². The van der Waals surface area contributed by atoms with Crippen LogP contribution in [0, 0.1) is 13.8 Å². The van der Waals surface area contributed by atoms with Crippen LogP contribution in [-0.4, -0.2) is 19.6 Å². The molecule has 0 saturated carbocycles. The molecule has 3 aromatic carbocycles. The average Bonchev–Trinajstić information content (AvgIpc) is 2.83. The van der Waals surface area contributed by atoms with Crippen LogP contribution < -0.4 is 14.0 Å². The number of halogens is 1. The maximum Gasteiger partial charge on any atom is 0.296 e. The highest BCUT2D eigenvalue weighted by Crippen LogP contribution is 2.38. The van der Waals surface area contributed by atoms with Crippen LogP contribution in [0.15, 0.2) is 73.9 Å². The molecule has 3 rings (SSSR count). The third kappa shape index (κ3) is 7.21. The summed E-state index contributed by atoms with van der Waals surface area (Å²) in [7, 11) is -4.53. The number of nitrogens with one attached hydrogen (secondary N) is 1. The van der Waals surface area contributed by atoms with Crippen LogP contribution in [0.25, 0.3) is 0 Å². The zero-order valence-corrected chi connectivity index (χ0v) is 23.0. The lowest BCUT2D eigenvalue weighted by Crippen LogP contribution is -1.99. The second-order valence-electron chi connectivity index (χ2n) is 8.01. The number of benzene rings is 3. The summed E-state index contributed by atoms with van der Waals surface area (Å²) in [6, 6.07) is 13.2. The molecule has 0 aliphatic rings. The highest BCUT2D eigenvalue weighted by molar-refractivity contribution is 14.1. The van der Waals surface area contributed by atoms with E-state index in [9.17, 15) is 13.0 Å². The molecule has 0 aromatic heterocycles. The lowest BCUT2D eigenvalue weighted by atomic mass is 10.1. The molecule has 0 atom stereocenters. The number of nitrogens with zero attached hydrogens (tertiary/aromatic N) is 4. The Balaban J connectivity index is 1.99. The van der Waals surface area contributed by atoms with E-state index in [4.69, 9.17) is 10.5 Å². The molecular formula is C24H27IN6O4S. The fraction of sp³-hybridized carbons (Fsp3) is 0.250. The van der Waals surface area contributed by atoms with Crippen LogP contribution in [-0.2, 0) is 10.1 Å². The van der Waals surface area contributed by atoms with Gasteiger partial charge in [-0.05, 0) is 73.9 Å². The zero-order valence-electron chi connectivity index (χ0n) is 20.1. The van der Waals surface area contributed by atoms with Gasteiger partial charge in [0.15, 0.2) is 0 Å². The number of aryl methyl sites for hydroxylation is 2. The zero-order chi connectivity index (χ0) is 26.3. The Bertz CT molecular complexity index is 1410. The molecule has 0 saturated heterocycles. The summed E-state index contributed by atoms with van der Waals surface area (Å²) in [5, 5.41) is 17.1. The quantitative estimate of drug-likeness (QED) is 0.0522. The summed E-state index contributed by atoms with van der Waals surface area (Å²) in [6.45, 7) is 6.33. The van der Waals surface area contributed by atoms with E-state index in [0.717, 1.165) is 41.4 Å². The molecule has 0 unspecified atom stereocenters. The molecule has 0 aliphatic heterocycles. The maximum atomic E-state index is 11.7. The van der Waals surface area contributed by atoms with Crippen molar-refractivity contribution in [2.45, 2.75) is 38.5 Å². The van der Waals surface area contributed by atoms with E-state index in [1.165, 1.54) is 12.1 Å². The summed E-state index contributed by atoms with van der Waals surface area (Å²) in [5.41, 5.74) is 10.2. The minimum absolute atomic E-state index is 0.0387. The minimum Gasteiger partial charge on any atom is -0.491 e. The normalized spacial score (nSPS) is 11.9. The Morgan fingerprint density at radius 3 is 2.22 bits per heavy atom. The molecular weight excluding hydrogens is 595 g/mol. The van der Waals surface area contributed by atoms with E-state index in [1.54, 1.807) is 12.1 Å². The van der Waals surface area contributed by atoms with Crippen LogP contribution >= 0.6 is 22.9 Å². The van der Waals surface area contributed by atoms with Gasteiger partial charge in [0, 0.05) is 17.4 Å². The number of nitrogen functional groups attached to an aromatic ring is 1. The van der Waals surface area contributed by atoms with Crippen molar-refractivity contribution in [2.24, 2.45) is 20.5 Å². The van der Waals surface area contributed by atoms with Crippen molar-refractivity contribution in [3.8, 4) is 5.75 Å². The number of unbranched alkanes of at least 4 members (excludes halogenated alkanes) is 1. The number of rotatable bonds is 10. The van der Waals surface area contributed by atoms with Crippen LogP contribution in [0.5, 0.6) is 5.75 Å². The number of ether oxygens (including phenoxy) is 1. The van der Waals surface area contributed by atoms with Gasteiger partial charge in [-0.15, -0.1) is 10.2 Å². The number of hydrogen-bond donors (Lipinski definition) is 3. The Labute approximate surface area is 224 Å². The molecule has 4 N–H and O–H groups in total.